The molecule has 24 heteroatoms. The highest BCUT2D eigenvalue weighted by atomic mass is 16.4. The minimum Gasteiger partial charge on any atom is -0.508 e. The van der Waals surface area contributed by atoms with E-state index in [-0.39, 0.29) is 62.5 Å². The Morgan fingerprint density at radius 3 is 1.59 bits per heavy atom. The molecule has 1 heterocycles. The van der Waals surface area contributed by atoms with Crippen molar-refractivity contribution in [2.45, 2.75) is 120 Å². The number of aliphatic carboxylic acids is 1. The number of nitrogens with two attached hydrogens (primary N) is 2. The third-order valence-corrected chi connectivity index (χ3v) is 13.3. The minimum atomic E-state index is -1.79. The molecule has 5 rings (SSSR count). The highest BCUT2D eigenvalue weighted by Gasteiger charge is 2.40. The van der Waals surface area contributed by atoms with E-state index in [1.807, 2.05) is 0 Å². The molecule has 0 bridgehead atoms. The number of benzene rings is 4. The first-order valence-corrected chi connectivity index (χ1v) is 26.5. The van der Waals surface area contributed by atoms with Crippen molar-refractivity contribution < 1.29 is 68.4 Å². The zero-order chi connectivity index (χ0) is 59.2. The lowest BCUT2D eigenvalue weighted by Gasteiger charge is -2.31. The van der Waals surface area contributed by atoms with E-state index in [1.54, 1.807) is 86.6 Å². The molecule has 0 saturated carbocycles. The molecular weight excluding hydrogens is 1050 g/mol. The van der Waals surface area contributed by atoms with Crippen LogP contribution in [0, 0.1) is 5.92 Å². The summed E-state index contributed by atoms with van der Waals surface area (Å²) in [5.74, 6) is -9.25. The summed E-state index contributed by atoms with van der Waals surface area (Å²) < 4.78 is 0. The summed E-state index contributed by atoms with van der Waals surface area (Å²) in [6, 6.07) is 18.2. The number of hydrogen-bond acceptors (Lipinski definition) is 14. The Balaban J connectivity index is 1.27. The third kappa shape index (κ3) is 20.4. The molecule has 1 saturated heterocycles. The predicted molar refractivity (Wildman–Crippen MR) is 294 cm³/mol. The van der Waals surface area contributed by atoms with Crippen LogP contribution in [0.25, 0.3) is 0 Å². The smallest absolute Gasteiger partial charge is 0.326 e. The fourth-order valence-corrected chi connectivity index (χ4v) is 9.01. The topological polar surface area (TPSA) is 391 Å². The van der Waals surface area contributed by atoms with Gasteiger partial charge < -0.3 is 74.0 Å². The number of nitrogens with one attached hydrogen (secondary N) is 7. The maximum atomic E-state index is 14.5. The average molecular weight is 1120 g/mol. The Hall–Kier alpha value is -8.90. The molecule has 1 aliphatic rings. The van der Waals surface area contributed by atoms with Gasteiger partial charge in [0.1, 0.15) is 53.8 Å². The summed E-state index contributed by atoms with van der Waals surface area (Å²) in [4.78, 5) is 136. The number of amides is 9. The Morgan fingerprint density at radius 1 is 0.568 bits per heavy atom. The van der Waals surface area contributed by atoms with E-state index in [4.69, 9.17) is 11.5 Å². The van der Waals surface area contributed by atoms with Gasteiger partial charge in [-0.25, -0.2) is 4.79 Å². The van der Waals surface area contributed by atoms with Gasteiger partial charge in [-0.05, 0) is 84.5 Å². The molecule has 0 aliphatic carbocycles. The zero-order valence-corrected chi connectivity index (χ0v) is 45.0. The van der Waals surface area contributed by atoms with Gasteiger partial charge in [0, 0.05) is 32.2 Å². The van der Waals surface area contributed by atoms with Gasteiger partial charge in [0.2, 0.25) is 53.2 Å². The average Bonchev–Trinajstić information content (AvgIpc) is 3.96. The molecule has 0 aromatic heterocycles. The van der Waals surface area contributed by atoms with Crippen LogP contribution in [0.15, 0.2) is 109 Å². The molecule has 1 fully saturated rings. The molecule has 15 N–H and O–H groups in total. The van der Waals surface area contributed by atoms with E-state index in [0.717, 1.165) is 0 Å². The number of phenols is 2. The lowest BCUT2D eigenvalue weighted by Crippen LogP contribution is -2.60. The Bertz CT molecular complexity index is 2810. The van der Waals surface area contributed by atoms with Crippen molar-refractivity contribution in [2.75, 3.05) is 19.7 Å². The van der Waals surface area contributed by atoms with E-state index in [0.29, 0.717) is 28.7 Å². The summed E-state index contributed by atoms with van der Waals surface area (Å²) in [7, 11) is 0. The van der Waals surface area contributed by atoms with Gasteiger partial charge in [-0.1, -0.05) is 98.8 Å². The Morgan fingerprint density at radius 2 is 1.05 bits per heavy atom. The monoisotopic (exact) mass is 1120 g/mol. The maximum absolute atomic E-state index is 14.5. The van der Waals surface area contributed by atoms with Crippen LogP contribution in [0.3, 0.4) is 0 Å². The predicted octanol–water partition coefficient (Wildman–Crippen LogP) is -0.900. The lowest BCUT2D eigenvalue weighted by atomic mass is 10.0. The lowest BCUT2D eigenvalue weighted by molar-refractivity contribution is -0.142. The van der Waals surface area contributed by atoms with Crippen LogP contribution in [0.2, 0.25) is 0 Å². The first kappa shape index (κ1) is 62.9. The van der Waals surface area contributed by atoms with Gasteiger partial charge in [0.25, 0.3) is 0 Å². The maximum Gasteiger partial charge on any atom is 0.326 e. The number of carbonyl (C=O) groups excluding carboxylic acids is 9. The number of nitrogens with zero attached hydrogens (tertiary/aromatic N) is 1. The van der Waals surface area contributed by atoms with E-state index in [2.05, 4.69) is 37.2 Å². The van der Waals surface area contributed by atoms with Gasteiger partial charge >= 0.3 is 5.97 Å². The number of carboxylic acid groups (broad SMARTS) is 1. The van der Waals surface area contributed by atoms with Crippen LogP contribution in [0.1, 0.15) is 68.2 Å². The van der Waals surface area contributed by atoms with E-state index >= 15 is 0 Å². The normalized spacial score (nSPS) is 15.5. The van der Waals surface area contributed by atoms with Crippen molar-refractivity contribution in [3.63, 3.8) is 0 Å². The molecule has 0 spiro atoms. The summed E-state index contributed by atoms with van der Waals surface area (Å²) in [5, 5.41) is 57.2. The van der Waals surface area contributed by atoms with Gasteiger partial charge in [0.15, 0.2) is 0 Å². The third-order valence-electron chi connectivity index (χ3n) is 13.3. The molecule has 81 heavy (non-hydrogen) atoms. The molecule has 24 nitrogen and oxygen atoms in total. The van der Waals surface area contributed by atoms with E-state index < -0.39 is 133 Å². The number of primary amides is 1. The number of aliphatic hydroxyl groups excluding tert-OH is 1. The van der Waals surface area contributed by atoms with Crippen molar-refractivity contribution in [1.82, 2.24) is 42.1 Å². The number of carbonyl (C=O) groups is 10. The summed E-state index contributed by atoms with van der Waals surface area (Å²) in [5.41, 5.74) is 14.2. The zero-order valence-electron chi connectivity index (χ0n) is 45.0. The number of aliphatic hydroxyl groups is 1. The van der Waals surface area contributed by atoms with Crippen LogP contribution in [0.4, 0.5) is 0 Å². The molecule has 4 aromatic rings. The van der Waals surface area contributed by atoms with Crippen LogP contribution in [-0.4, -0.2) is 152 Å². The summed E-state index contributed by atoms with van der Waals surface area (Å²) in [6.45, 7) is 1.92. The second-order valence-corrected chi connectivity index (χ2v) is 20.2. The largest absolute Gasteiger partial charge is 0.508 e. The molecular formula is C57H72N10O14. The highest BCUT2D eigenvalue weighted by Crippen LogP contribution is 2.22. The van der Waals surface area contributed by atoms with E-state index in [9.17, 15) is 68.4 Å². The van der Waals surface area contributed by atoms with Crippen molar-refractivity contribution in [3.8, 4) is 11.5 Å². The second-order valence-electron chi connectivity index (χ2n) is 20.2. The fraction of sp³-hybridized carbons (Fsp3) is 0.404. The van der Waals surface area contributed by atoms with Gasteiger partial charge in [-0.3, -0.25) is 43.2 Å². The minimum absolute atomic E-state index is 0.0235. The van der Waals surface area contributed by atoms with Crippen molar-refractivity contribution >= 4 is 59.1 Å². The number of hydrogen-bond donors (Lipinski definition) is 13. The second kappa shape index (κ2) is 31.0. The van der Waals surface area contributed by atoms with Crippen molar-refractivity contribution in [3.05, 3.63) is 131 Å². The number of rotatable bonds is 30. The molecule has 0 unspecified atom stereocenters. The molecule has 434 valence electrons. The number of aromatic hydroxyl groups is 2. The number of phenolic OH excluding ortho intramolecular Hbond substituents is 2. The number of likely N-dealkylation sites (tertiary alicyclic amines) is 1. The molecule has 0 radical (unpaired) electrons. The van der Waals surface area contributed by atoms with Crippen LogP contribution < -0.4 is 48.7 Å². The standard InChI is InChI=1S/C57H72N10O14/c1-33(2)26-42(64-55(78)47-14-9-25-67(47)56(79)44(29-34-10-5-3-6-11-34)65-50(73)40(58)27-36-15-19-38(69)20-16-36)53(76)62-41(23-24-48(59)71)52(75)66-46(32-68)54(77)63-43(28-37-17-21-39(70)22-18-37)51(74)60-31-49(72)61-45(57(80)81)30-35-12-7-4-8-13-35/h3-8,10-13,15-22,33,40-47,68-70H,9,14,23-32,58H2,1-2H3,(H2,59,71)(H,60,74)(H,61,72)(H,62,76)(H,63,77)(H,64,78)(H,65,73)(H,66,75)(H,80,81)/t40-,41-,42-,43-,44-,45-,46-,47-/m0/s1. The SMILES string of the molecule is CC(C)C[C@H](NC(=O)[C@@H]1CCCN1C(=O)[C@H](Cc1ccccc1)NC(=O)[C@@H](N)Cc1ccc(O)cc1)C(=O)N[C@@H](CCC(N)=O)C(=O)N[C@@H](CO)C(=O)N[C@@H](Cc1ccc(O)cc1)C(=O)NCC(=O)N[C@@H](Cc1ccccc1)C(=O)O. The quantitative estimate of drug-likeness (QED) is 0.0301. The molecule has 1 aliphatic heterocycles. The van der Waals surface area contributed by atoms with Crippen LogP contribution >= 0.6 is 0 Å². The molecule has 9 amide bonds. The molecule has 4 aromatic carbocycles. The Kier molecular flexibility index (Phi) is 24.1. The first-order valence-electron chi connectivity index (χ1n) is 26.5. The van der Waals surface area contributed by atoms with E-state index in [1.165, 1.54) is 41.3 Å². The summed E-state index contributed by atoms with van der Waals surface area (Å²) >= 11 is 0. The Labute approximate surface area is 468 Å². The first-order chi connectivity index (χ1) is 38.6. The van der Waals surface area contributed by atoms with Gasteiger partial charge in [0.05, 0.1) is 19.2 Å². The highest BCUT2D eigenvalue weighted by molar-refractivity contribution is 5.98. The van der Waals surface area contributed by atoms with Crippen LogP contribution in [-0.2, 0) is 73.6 Å². The van der Waals surface area contributed by atoms with Crippen molar-refractivity contribution in [2.24, 2.45) is 17.4 Å². The van der Waals surface area contributed by atoms with Gasteiger partial charge in [-0.2, -0.15) is 0 Å². The summed E-state index contributed by atoms with van der Waals surface area (Å²) in [6.07, 6.45) is -0.383. The van der Waals surface area contributed by atoms with Gasteiger partial charge in [-0.15, -0.1) is 0 Å². The fourth-order valence-electron chi connectivity index (χ4n) is 9.01. The number of carboxylic acids is 1. The van der Waals surface area contributed by atoms with Crippen LogP contribution in [0.5, 0.6) is 11.5 Å². The molecule has 8 atom stereocenters. The van der Waals surface area contributed by atoms with Crippen molar-refractivity contribution in [1.29, 1.82) is 0 Å².